The molecule has 2 atom stereocenters. The van der Waals surface area contributed by atoms with Gasteiger partial charge in [-0.05, 0) is 6.42 Å². The highest BCUT2D eigenvalue weighted by molar-refractivity contribution is 5.95. The molecule has 1 fully saturated rings. The van der Waals surface area contributed by atoms with Gasteiger partial charge in [-0.1, -0.05) is 24.3 Å². The van der Waals surface area contributed by atoms with Crippen LogP contribution in [0.4, 0.5) is 0 Å². The van der Waals surface area contributed by atoms with Gasteiger partial charge in [-0.3, -0.25) is 25.0 Å². The number of aromatic nitrogens is 2. The van der Waals surface area contributed by atoms with Crippen LogP contribution in [0, 0.1) is 11.3 Å². The van der Waals surface area contributed by atoms with Gasteiger partial charge in [0.1, 0.15) is 5.84 Å². The van der Waals surface area contributed by atoms with E-state index in [-0.39, 0.29) is 48.5 Å². The summed E-state index contributed by atoms with van der Waals surface area (Å²) < 4.78 is 4.63. The lowest BCUT2D eigenvalue weighted by Crippen LogP contribution is -2.35. The summed E-state index contributed by atoms with van der Waals surface area (Å²) in [5.41, 5.74) is 8.54. The molecule has 1 aromatic heterocycles. The quantitative estimate of drug-likeness (QED) is 0.277. The lowest BCUT2D eigenvalue weighted by molar-refractivity contribution is -0.143. The van der Waals surface area contributed by atoms with Gasteiger partial charge in [0.2, 0.25) is 5.91 Å². The fourth-order valence-corrected chi connectivity index (χ4v) is 3.21. The number of nitrogens with zero attached hydrogens (tertiary/aromatic N) is 2. The predicted octanol–water partition coefficient (Wildman–Crippen LogP) is 1.01. The number of hydrogen-bond acceptors (Lipinski definition) is 7. The van der Waals surface area contributed by atoms with Gasteiger partial charge in [0, 0.05) is 30.3 Å². The maximum atomic E-state index is 11.9. The summed E-state index contributed by atoms with van der Waals surface area (Å²) in [7, 11) is 1.32. The summed E-state index contributed by atoms with van der Waals surface area (Å²) in [6, 6.07) is 7.23. The topological polar surface area (TPSA) is 143 Å². The zero-order valence-corrected chi connectivity index (χ0v) is 17.4. The lowest BCUT2D eigenvalue weighted by atomic mass is 10.0. The highest BCUT2D eigenvalue weighted by Gasteiger charge is 2.33. The van der Waals surface area contributed by atoms with Crippen molar-refractivity contribution in [2.24, 2.45) is 11.7 Å². The minimum Gasteiger partial charge on any atom is -0.469 e. The minimum atomic E-state index is -0.370. The lowest BCUT2D eigenvalue weighted by Gasteiger charge is -2.11. The van der Waals surface area contributed by atoms with Crippen molar-refractivity contribution in [1.82, 2.24) is 20.6 Å². The molecule has 5 N–H and O–H groups in total. The smallest absolute Gasteiger partial charge is 0.306 e. The number of benzene rings is 1. The van der Waals surface area contributed by atoms with E-state index in [1.54, 1.807) is 24.5 Å². The molecule has 10 heteroatoms. The zero-order chi connectivity index (χ0) is 20.8. The summed E-state index contributed by atoms with van der Waals surface area (Å²) in [6.45, 7) is 1.10. The van der Waals surface area contributed by atoms with Gasteiger partial charge < -0.3 is 21.1 Å². The van der Waals surface area contributed by atoms with Crippen molar-refractivity contribution < 1.29 is 14.3 Å². The van der Waals surface area contributed by atoms with Gasteiger partial charge in [-0.25, -0.2) is 0 Å². The Hall–Kier alpha value is -3.04. The normalized spacial score (nSPS) is 17.7. The first kappa shape index (κ1) is 23.2. The number of esters is 1. The summed E-state index contributed by atoms with van der Waals surface area (Å²) in [4.78, 5) is 32.1. The number of nitrogens with two attached hydrogens (primary N) is 1. The van der Waals surface area contributed by atoms with Crippen molar-refractivity contribution in [2.45, 2.75) is 25.4 Å². The number of nitrogens with one attached hydrogen (secondary N) is 3. The first-order valence-electron chi connectivity index (χ1n) is 9.30. The number of nitrogen functional groups attached to an aromatic ring is 1. The molecule has 1 aliphatic rings. The molecule has 0 spiro atoms. The standard InChI is InChI=1S/C20H24N6O3.ClH/c1-29-18(27)7-14-6-15(26-20(14)28)8-23-9-16-10-25-17(11-24-16)12-2-4-13(5-3-12)19(21)22;/h2-5,10-11,14-15,23H,6-9H2,1H3,(H3,21,22)(H,26,28);1H/t14-,15-;/m0./s1. The zero-order valence-electron chi connectivity index (χ0n) is 16.6. The second-order valence-corrected chi connectivity index (χ2v) is 6.93. The summed E-state index contributed by atoms with van der Waals surface area (Å²) >= 11 is 0. The van der Waals surface area contributed by atoms with Crippen LogP contribution in [0.25, 0.3) is 11.3 Å². The van der Waals surface area contributed by atoms with Crippen LogP contribution < -0.4 is 16.4 Å². The van der Waals surface area contributed by atoms with E-state index in [0.29, 0.717) is 25.1 Å². The van der Waals surface area contributed by atoms with E-state index < -0.39 is 0 Å². The van der Waals surface area contributed by atoms with Gasteiger partial charge in [-0.2, -0.15) is 0 Å². The number of carbonyl (C=O) groups is 2. The number of ether oxygens (including phenoxy) is 1. The van der Waals surface area contributed by atoms with E-state index in [1.807, 2.05) is 12.1 Å². The second-order valence-electron chi connectivity index (χ2n) is 6.93. The van der Waals surface area contributed by atoms with Crippen LogP contribution in [0.3, 0.4) is 0 Å². The molecule has 2 heterocycles. The van der Waals surface area contributed by atoms with Crippen LogP contribution in [0.2, 0.25) is 0 Å². The van der Waals surface area contributed by atoms with Crippen LogP contribution in [0.5, 0.6) is 0 Å². The molecule has 30 heavy (non-hydrogen) atoms. The summed E-state index contributed by atoms with van der Waals surface area (Å²) in [6.07, 6.45) is 4.11. The van der Waals surface area contributed by atoms with Crippen molar-refractivity contribution in [2.75, 3.05) is 13.7 Å². The molecule has 0 aliphatic carbocycles. The van der Waals surface area contributed by atoms with E-state index in [1.165, 1.54) is 7.11 Å². The van der Waals surface area contributed by atoms with Crippen LogP contribution in [0.15, 0.2) is 36.7 Å². The molecule has 1 amide bonds. The fourth-order valence-electron chi connectivity index (χ4n) is 3.21. The van der Waals surface area contributed by atoms with Crippen molar-refractivity contribution in [1.29, 1.82) is 5.41 Å². The molecule has 0 radical (unpaired) electrons. The molecule has 1 aromatic carbocycles. The van der Waals surface area contributed by atoms with Gasteiger partial charge >= 0.3 is 5.97 Å². The molecule has 1 saturated heterocycles. The molecule has 1 aliphatic heterocycles. The monoisotopic (exact) mass is 432 g/mol. The first-order valence-corrected chi connectivity index (χ1v) is 9.30. The Morgan fingerprint density at radius 2 is 2.03 bits per heavy atom. The van der Waals surface area contributed by atoms with Crippen molar-refractivity contribution in [3.63, 3.8) is 0 Å². The van der Waals surface area contributed by atoms with Crippen molar-refractivity contribution >= 4 is 30.1 Å². The molecule has 3 rings (SSSR count). The van der Waals surface area contributed by atoms with Crippen molar-refractivity contribution in [3.05, 3.63) is 47.9 Å². The number of amidine groups is 1. The highest BCUT2D eigenvalue weighted by atomic mass is 35.5. The molecule has 0 saturated carbocycles. The Balaban J connectivity index is 0.00000320. The van der Waals surface area contributed by atoms with Crippen LogP contribution in [-0.2, 0) is 20.9 Å². The number of carbonyl (C=O) groups excluding carboxylic acids is 2. The molecule has 160 valence electrons. The van der Waals surface area contributed by atoms with E-state index in [0.717, 1.165) is 17.0 Å². The van der Waals surface area contributed by atoms with Gasteiger partial charge in [0.15, 0.2) is 0 Å². The van der Waals surface area contributed by atoms with Crippen LogP contribution in [-0.4, -0.2) is 47.4 Å². The van der Waals surface area contributed by atoms with Gasteiger partial charge in [-0.15, -0.1) is 12.4 Å². The van der Waals surface area contributed by atoms with E-state index in [9.17, 15) is 9.59 Å². The maximum Gasteiger partial charge on any atom is 0.306 e. The third kappa shape index (κ3) is 5.98. The number of amides is 1. The Morgan fingerprint density at radius 3 is 2.63 bits per heavy atom. The van der Waals surface area contributed by atoms with Crippen LogP contribution >= 0.6 is 12.4 Å². The Bertz CT molecular complexity index is 888. The Morgan fingerprint density at radius 1 is 1.30 bits per heavy atom. The number of hydrogen-bond donors (Lipinski definition) is 4. The minimum absolute atomic E-state index is 0. The average Bonchev–Trinajstić information content (AvgIpc) is 3.07. The molecule has 2 aromatic rings. The second kappa shape index (κ2) is 10.7. The fraction of sp³-hybridized carbons (Fsp3) is 0.350. The largest absolute Gasteiger partial charge is 0.469 e. The van der Waals surface area contributed by atoms with Gasteiger partial charge in [0.05, 0.1) is 43.2 Å². The third-order valence-electron chi connectivity index (χ3n) is 4.82. The molecular formula is C20H25ClN6O3. The Kier molecular flexibility index (Phi) is 8.25. The molecule has 0 unspecified atom stereocenters. The summed E-state index contributed by atoms with van der Waals surface area (Å²) in [5.74, 6) is -0.783. The molecule has 0 bridgehead atoms. The van der Waals surface area contributed by atoms with Crippen LogP contribution in [0.1, 0.15) is 24.1 Å². The van der Waals surface area contributed by atoms with E-state index >= 15 is 0 Å². The predicted molar refractivity (Wildman–Crippen MR) is 114 cm³/mol. The maximum absolute atomic E-state index is 11.9. The average molecular weight is 433 g/mol. The van der Waals surface area contributed by atoms with Gasteiger partial charge in [0.25, 0.3) is 0 Å². The number of halogens is 1. The molecular weight excluding hydrogens is 408 g/mol. The number of methoxy groups -OCH3 is 1. The van der Waals surface area contributed by atoms with Crippen molar-refractivity contribution in [3.8, 4) is 11.3 Å². The first-order chi connectivity index (χ1) is 14.0. The Labute approximate surface area is 180 Å². The highest BCUT2D eigenvalue weighted by Crippen LogP contribution is 2.19. The SMILES string of the molecule is COC(=O)C[C@@H]1C[C@@H](CNCc2cnc(-c3ccc(C(=N)N)cc3)cn2)NC1=O.Cl. The third-order valence-corrected chi connectivity index (χ3v) is 4.82. The van der Waals surface area contributed by atoms with E-state index in [2.05, 4.69) is 25.3 Å². The molecule has 9 nitrogen and oxygen atoms in total. The summed E-state index contributed by atoms with van der Waals surface area (Å²) in [5, 5.41) is 13.6. The van der Waals surface area contributed by atoms with E-state index in [4.69, 9.17) is 11.1 Å². The number of rotatable bonds is 8.